The molecule has 1 aromatic heterocycles. The van der Waals surface area contributed by atoms with Crippen LogP contribution in [-0.4, -0.2) is 43.3 Å². The van der Waals surface area contributed by atoms with Crippen molar-refractivity contribution in [2.75, 3.05) is 17.4 Å². The Morgan fingerprint density at radius 3 is 2.12 bits per heavy atom. The first-order chi connectivity index (χ1) is 16.2. The Morgan fingerprint density at radius 2 is 1.47 bits per heavy atom. The molecule has 1 heterocycles. The number of thiophene rings is 1. The number of fused-ring (bicyclic) bond motifs is 1. The summed E-state index contributed by atoms with van der Waals surface area (Å²) in [5.41, 5.74) is 1.97. The van der Waals surface area contributed by atoms with Crippen molar-refractivity contribution >= 4 is 27.9 Å². The van der Waals surface area contributed by atoms with Crippen molar-refractivity contribution < 1.29 is 40.2 Å². The molecule has 3 aromatic rings. The molecule has 180 valence electrons. The smallest absolute Gasteiger partial charge is 0.258 e. The first-order valence-corrected chi connectivity index (χ1v) is 11.3. The van der Waals surface area contributed by atoms with E-state index in [9.17, 15) is 35.4 Å². The van der Waals surface area contributed by atoms with Gasteiger partial charge < -0.3 is 46.0 Å². The van der Waals surface area contributed by atoms with Crippen LogP contribution in [0.25, 0.3) is 0 Å². The number of carbonyl (C=O) groups is 1. The van der Waals surface area contributed by atoms with Crippen molar-refractivity contribution in [1.82, 2.24) is 0 Å². The third-order valence-corrected chi connectivity index (χ3v) is 6.71. The third-order valence-electron chi connectivity index (χ3n) is 5.46. The molecule has 0 unspecified atom stereocenters. The third kappa shape index (κ3) is 4.75. The summed E-state index contributed by atoms with van der Waals surface area (Å²) in [6.07, 6.45) is 3.58. The molecule has 1 amide bonds. The summed E-state index contributed by atoms with van der Waals surface area (Å²) >= 11 is 1.46. The lowest BCUT2D eigenvalue weighted by atomic mass is 9.95. The van der Waals surface area contributed by atoms with E-state index in [2.05, 4.69) is 10.6 Å². The van der Waals surface area contributed by atoms with E-state index >= 15 is 0 Å². The second-order valence-electron chi connectivity index (χ2n) is 7.88. The Hall–Kier alpha value is -3.83. The Kier molecular flexibility index (Phi) is 6.57. The molecule has 4 rings (SSSR count). The van der Waals surface area contributed by atoms with Gasteiger partial charge in [0.2, 0.25) is 0 Å². The lowest BCUT2D eigenvalue weighted by molar-refractivity contribution is 0.102. The lowest BCUT2D eigenvalue weighted by Crippen LogP contribution is -2.17. The van der Waals surface area contributed by atoms with Gasteiger partial charge in [-0.25, -0.2) is 0 Å². The van der Waals surface area contributed by atoms with Crippen LogP contribution in [0.4, 0.5) is 10.7 Å². The number of aromatic hydroxyl groups is 6. The highest BCUT2D eigenvalue weighted by atomic mass is 32.1. The van der Waals surface area contributed by atoms with Crippen molar-refractivity contribution in [3.8, 4) is 34.5 Å². The maximum Gasteiger partial charge on any atom is 0.258 e. The molecule has 0 radical (unpaired) electrons. The van der Waals surface area contributed by atoms with Gasteiger partial charge in [-0.1, -0.05) is 0 Å². The summed E-state index contributed by atoms with van der Waals surface area (Å²) in [6, 6.07) is 4.84. The number of carbonyl (C=O) groups excluding carboxylic acids is 1. The number of ether oxygens (including phenoxy) is 1. The highest BCUT2D eigenvalue weighted by Crippen LogP contribution is 2.40. The summed E-state index contributed by atoms with van der Waals surface area (Å²) in [4.78, 5) is 14.2. The molecular weight excluding hydrogens is 464 g/mol. The van der Waals surface area contributed by atoms with Gasteiger partial charge >= 0.3 is 0 Å². The zero-order valence-electron chi connectivity index (χ0n) is 18.0. The van der Waals surface area contributed by atoms with Crippen LogP contribution < -0.4 is 10.6 Å². The maximum atomic E-state index is 13.1. The molecule has 0 saturated carbocycles. The fourth-order valence-electron chi connectivity index (χ4n) is 3.83. The van der Waals surface area contributed by atoms with E-state index in [0.29, 0.717) is 16.1 Å². The Bertz CT molecular complexity index is 1190. The van der Waals surface area contributed by atoms with Gasteiger partial charge in [-0.15, -0.1) is 11.3 Å². The Labute approximate surface area is 198 Å². The average Bonchev–Trinajstić information content (AvgIpc) is 3.17. The summed E-state index contributed by atoms with van der Waals surface area (Å²) in [5, 5.41) is 64.0. The van der Waals surface area contributed by atoms with Crippen molar-refractivity contribution in [1.29, 1.82) is 0 Å². The van der Waals surface area contributed by atoms with Gasteiger partial charge in [0.25, 0.3) is 5.91 Å². The summed E-state index contributed by atoms with van der Waals surface area (Å²) in [5.74, 6) is -3.72. The van der Waals surface area contributed by atoms with E-state index in [1.807, 2.05) is 0 Å². The molecule has 0 fully saturated rings. The summed E-state index contributed by atoms with van der Waals surface area (Å²) in [6.45, 7) is 0.0654. The highest BCUT2D eigenvalue weighted by Gasteiger charge is 2.26. The quantitative estimate of drug-likeness (QED) is 0.107. The molecule has 34 heavy (non-hydrogen) atoms. The molecule has 0 aliphatic heterocycles. The Balaban J connectivity index is 1.49. The predicted octanol–water partition coefficient (Wildman–Crippen LogP) is 3.70. The summed E-state index contributed by atoms with van der Waals surface area (Å²) in [7, 11) is 0. The van der Waals surface area contributed by atoms with E-state index in [-0.39, 0.29) is 19.0 Å². The number of nitrogens with one attached hydrogen (secondary N) is 2. The number of benzene rings is 2. The first kappa shape index (κ1) is 23.3. The van der Waals surface area contributed by atoms with E-state index in [4.69, 9.17) is 4.74 Å². The number of amides is 1. The molecule has 0 atom stereocenters. The topological polar surface area (TPSA) is 172 Å². The second-order valence-corrected chi connectivity index (χ2v) is 8.99. The van der Waals surface area contributed by atoms with Gasteiger partial charge in [-0.3, -0.25) is 4.79 Å². The van der Waals surface area contributed by atoms with Gasteiger partial charge in [0.05, 0.1) is 12.2 Å². The molecule has 1 aliphatic carbocycles. The van der Waals surface area contributed by atoms with Crippen LogP contribution in [0.2, 0.25) is 0 Å². The normalized spacial score (nSPS) is 12.8. The molecule has 0 bridgehead atoms. The van der Waals surface area contributed by atoms with Crippen molar-refractivity contribution in [2.45, 2.75) is 32.3 Å². The molecule has 11 heteroatoms. The lowest BCUT2D eigenvalue weighted by Gasteiger charge is -2.14. The highest BCUT2D eigenvalue weighted by molar-refractivity contribution is 7.16. The molecule has 1 aliphatic rings. The van der Waals surface area contributed by atoms with Gasteiger partial charge in [0.15, 0.2) is 34.5 Å². The van der Waals surface area contributed by atoms with Crippen LogP contribution in [0.3, 0.4) is 0 Å². The number of hydrogen-bond acceptors (Lipinski definition) is 10. The predicted molar refractivity (Wildman–Crippen MR) is 125 cm³/mol. The van der Waals surface area contributed by atoms with Gasteiger partial charge in [0.1, 0.15) is 11.7 Å². The van der Waals surface area contributed by atoms with Crippen LogP contribution in [0, 0.1) is 0 Å². The van der Waals surface area contributed by atoms with E-state index < -0.39 is 40.4 Å². The van der Waals surface area contributed by atoms with Gasteiger partial charge in [-0.2, -0.15) is 0 Å². The standard InChI is InChI=1S/C23H24N2O8S/c26-14-5-11(6-15(27)20(14)30)9-33-10-24-23-19(13-3-1-2-4-18(13)34-23)22(32)25-12-7-16(28)21(31)17(29)8-12/h5-8,24,26-31H,1-4,9-10H2,(H,25,32). The van der Waals surface area contributed by atoms with E-state index in [1.165, 1.54) is 23.5 Å². The maximum absolute atomic E-state index is 13.1. The number of rotatable bonds is 7. The second kappa shape index (κ2) is 9.57. The number of phenolic OH excluding ortho intramolecular Hbond substituents is 6. The number of hydrogen-bond donors (Lipinski definition) is 8. The molecular formula is C23H24N2O8S. The fraction of sp³-hybridized carbons (Fsp3) is 0.261. The van der Waals surface area contributed by atoms with Crippen LogP contribution in [0.15, 0.2) is 24.3 Å². The van der Waals surface area contributed by atoms with E-state index in [0.717, 1.165) is 48.3 Å². The van der Waals surface area contributed by atoms with Crippen LogP contribution in [0.5, 0.6) is 34.5 Å². The fourth-order valence-corrected chi connectivity index (χ4v) is 5.10. The molecule has 0 saturated heterocycles. The van der Waals surface area contributed by atoms with Crippen LogP contribution in [-0.2, 0) is 24.2 Å². The number of phenols is 6. The SMILES string of the molecule is O=C(Nc1cc(O)c(O)c(O)c1)c1c(NCOCc2cc(O)c(O)c(O)c2)sc2c1CCCC2. The van der Waals surface area contributed by atoms with Crippen LogP contribution in [0.1, 0.15) is 39.2 Å². The number of anilines is 2. The van der Waals surface area contributed by atoms with E-state index in [1.54, 1.807) is 0 Å². The summed E-state index contributed by atoms with van der Waals surface area (Å²) < 4.78 is 5.57. The molecule has 8 N–H and O–H groups in total. The minimum atomic E-state index is -0.666. The van der Waals surface area contributed by atoms with Crippen molar-refractivity contribution in [2.24, 2.45) is 0 Å². The Morgan fingerprint density at radius 1 is 0.882 bits per heavy atom. The largest absolute Gasteiger partial charge is 0.504 e. The van der Waals surface area contributed by atoms with Crippen LogP contribution >= 0.6 is 11.3 Å². The molecule has 10 nitrogen and oxygen atoms in total. The minimum Gasteiger partial charge on any atom is -0.504 e. The first-order valence-electron chi connectivity index (χ1n) is 10.5. The zero-order valence-corrected chi connectivity index (χ0v) is 18.8. The van der Waals surface area contributed by atoms with Crippen molar-refractivity contribution in [3.63, 3.8) is 0 Å². The molecule has 0 spiro atoms. The average molecular weight is 489 g/mol. The zero-order chi connectivity index (χ0) is 24.4. The monoisotopic (exact) mass is 488 g/mol. The molecule has 2 aromatic carbocycles. The van der Waals surface area contributed by atoms with Crippen molar-refractivity contribution in [3.05, 3.63) is 45.8 Å². The number of aryl methyl sites for hydroxylation is 1. The van der Waals surface area contributed by atoms with Gasteiger partial charge in [0, 0.05) is 22.7 Å². The van der Waals surface area contributed by atoms with Gasteiger partial charge in [-0.05, 0) is 48.9 Å². The minimum absolute atomic E-state index is 0.0306.